The minimum atomic E-state index is -0.0850. The molecule has 0 radical (unpaired) electrons. The fraction of sp³-hybridized carbons (Fsp3) is 0.192. The van der Waals surface area contributed by atoms with Gasteiger partial charge in [-0.15, -0.1) is 10.2 Å². The van der Waals surface area contributed by atoms with Crippen molar-refractivity contribution in [1.29, 1.82) is 0 Å². The molecule has 0 unspecified atom stereocenters. The average Bonchev–Trinajstić information content (AvgIpc) is 3.27. The lowest BCUT2D eigenvalue weighted by Gasteiger charge is -2.13. The van der Waals surface area contributed by atoms with E-state index in [4.69, 9.17) is 4.74 Å². The maximum Gasteiger partial charge on any atom is 0.234 e. The van der Waals surface area contributed by atoms with Crippen LogP contribution in [0, 0.1) is 6.92 Å². The maximum atomic E-state index is 12.7. The Morgan fingerprint density at radius 2 is 1.73 bits per heavy atom. The van der Waals surface area contributed by atoms with E-state index in [0.29, 0.717) is 16.7 Å². The van der Waals surface area contributed by atoms with E-state index in [9.17, 15) is 4.79 Å². The molecule has 0 atom stereocenters. The first-order chi connectivity index (χ1) is 16.1. The second-order valence-electron chi connectivity index (χ2n) is 7.52. The second kappa shape index (κ2) is 10.4. The smallest absolute Gasteiger partial charge is 0.234 e. The molecule has 0 fully saturated rings. The van der Waals surface area contributed by atoms with Gasteiger partial charge in [0.05, 0.1) is 18.4 Å². The molecule has 168 valence electrons. The first kappa shape index (κ1) is 22.6. The number of nitrogens with zero attached hydrogens (tertiary/aromatic N) is 3. The summed E-state index contributed by atoms with van der Waals surface area (Å²) < 4.78 is 7.52. The number of nitrogens with one attached hydrogen (secondary N) is 1. The Morgan fingerprint density at radius 1 is 1.00 bits per heavy atom. The SMILES string of the molecule is CCc1ccccc1NC(=O)CSc1nnc(-c2ccccc2OC)n1-c1ccc(C)cc1. The second-order valence-corrected chi connectivity index (χ2v) is 8.47. The monoisotopic (exact) mass is 458 g/mol. The highest BCUT2D eigenvalue weighted by Gasteiger charge is 2.20. The molecule has 0 aliphatic heterocycles. The van der Waals surface area contributed by atoms with E-state index < -0.39 is 0 Å². The first-order valence-electron chi connectivity index (χ1n) is 10.8. The number of para-hydroxylation sites is 2. The van der Waals surface area contributed by atoms with E-state index in [0.717, 1.165) is 34.5 Å². The predicted molar refractivity (Wildman–Crippen MR) is 133 cm³/mol. The summed E-state index contributed by atoms with van der Waals surface area (Å²) in [6, 6.07) is 23.7. The van der Waals surface area contributed by atoms with Crippen LogP contribution in [0.25, 0.3) is 17.1 Å². The zero-order chi connectivity index (χ0) is 23.2. The molecule has 0 bridgehead atoms. The number of aryl methyl sites for hydroxylation is 2. The molecule has 33 heavy (non-hydrogen) atoms. The zero-order valence-corrected chi connectivity index (χ0v) is 19.7. The van der Waals surface area contributed by atoms with Gasteiger partial charge in [-0.2, -0.15) is 0 Å². The van der Waals surface area contributed by atoms with Gasteiger partial charge in [-0.05, 0) is 49.2 Å². The van der Waals surface area contributed by atoms with Crippen LogP contribution in [0.15, 0.2) is 78.0 Å². The molecule has 0 aliphatic rings. The molecule has 3 aromatic carbocycles. The van der Waals surface area contributed by atoms with Gasteiger partial charge < -0.3 is 10.1 Å². The fourth-order valence-corrected chi connectivity index (χ4v) is 4.31. The van der Waals surface area contributed by atoms with E-state index in [-0.39, 0.29) is 11.7 Å². The van der Waals surface area contributed by atoms with Crippen LogP contribution < -0.4 is 10.1 Å². The molecular formula is C26H26N4O2S. The van der Waals surface area contributed by atoms with Gasteiger partial charge in [0.25, 0.3) is 0 Å². The standard InChI is InChI=1S/C26H26N4O2S/c1-4-19-9-5-7-11-22(19)27-24(31)17-33-26-29-28-25(21-10-6-8-12-23(21)32-3)30(26)20-15-13-18(2)14-16-20/h5-16H,4,17H2,1-3H3,(H,27,31). The van der Waals surface area contributed by atoms with Gasteiger partial charge >= 0.3 is 0 Å². The maximum absolute atomic E-state index is 12.7. The summed E-state index contributed by atoms with van der Waals surface area (Å²) in [5.41, 5.74) is 4.87. The topological polar surface area (TPSA) is 69.0 Å². The normalized spacial score (nSPS) is 10.8. The molecule has 0 saturated heterocycles. The van der Waals surface area contributed by atoms with Crippen LogP contribution in [0.1, 0.15) is 18.1 Å². The van der Waals surface area contributed by atoms with E-state index in [1.807, 2.05) is 84.3 Å². The Labute approximate surface area is 198 Å². The van der Waals surface area contributed by atoms with Crippen LogP contribution >= 0.6 is 11.8 Å². The Morgan fingerprint density at radius 3 is 2.48 bits per heavy atom. The van der Waals surface area contributed by atoms with Gasteiger partial charge in [-0.25, -0.2) is 0 Å². The van der Waals surface area contributed by atoms with Gasteiger partial charge in [0.2, 0.25) is 5.91 Å². The van der Waals surface area contributed by atoms with Crippen molar-refractivity contribution in [3.8, 4) is 22.8 Å². The lowest BCUT2D eigenvalue weighted by atomic mass is 10.1. The van der Waals surface area contributed by atoms with Crippen molar-refractivity contribution in [3.05, 3.63) is 83.9 Å². The van der Waals surface area contributed by atoms with Crippen LogP contribution in [0.2, 0.25) is 0 Å². The number of benzene rings is 3. The summed E-state index contributed by atoms with van der Waals surface area (Å²) in [5.74, 6) is 1.51. The Kier molecular flexibility index (Phi) is 7.10. The summed E-state index contributed by atoms with van der Waals surface area (Å²) >= 11 is 1.35. The number of thioether (sulfide) groups is 1. The van der Waals surface area contributed by atoms with Crippen molar-refractivity contribution < 1.29 is 9.53 Å². The Balaban J connectivity index is 1.63. The molecule has 1 heterocycles. The Hall–Kier alpha value is -3.58. The third-order valence-electron chi connectivity index (χ3n) is 5.28. The van der Waals surface area contributed by atoms with Gasteiger partial charge in [0.1, 0.15) is 5.75 Å². The fourth-order valence-electron chi connectivity index (χ4n) is 3.56. The highest BCUT2D eigenvalue weighted by Crippen LogP contribution is 2.33. The number of anilines is 1. The minimum absolute atomic E-state index is 0.0850. The Bertz CT molecular complexity index is 1250. The van der Waals surface area contributed by atoms with Gasteiger partial charge in [0.15, 0.2) is 11.0 Å². The molecule has 1 aromatic heterocycles. The number of ether oxygens (including phenoxy) is 1. The molecule has 0 aliphatic carbocycles. The molecule has 0 spiro atoms. The average molecular weight is 459 g/mol. The van der Waals surface area contributed by atoms with E-state index >= 15 is 0 Å². The van der Waals surface area contributed by atoms with Crippen molar-refractivity contribution in [1.82, 2.24) is 14.8 Å². The first-order valence-corrected chi connectivity index (χ1v) is 11.8. The lowest BCUT2D eigenvalue weighted by Crippen LogP contribution is -2.15. The van der Waals surface area contributed by atoms with Crippen molar-refractivity contribution in [2.24, 2.45) is 0 Å². The van der Waals surface area contributed by atoms with E-state index in [1.165, 1.54) is 11.8 Å². The minimum Gasteiger partial charge on any atom is -0.496 e. The van der Waals surface area contributed by atoms with Crippen LogP contribution in [0.4, 0.5) is 5.69 Å². The molecule has 7 heteroatoms. The summed E-state index contributed by atoms with van der Waals surface area (Å²) in [5, 5.41) is 12.5. The molecule has 4 rings (SSSR count). The lowest BCUT2D eigenvalue weighted by molar-refractivity contribution is -0.113. The number of carbonyl (C=O) groups excluding carboxylic acids is 1. The van der Waals surface area contributed by atoms with Crippen LogP contribution in [0.3, 0.4) is 0 Å². The van der Waals surface area contributed by atoms with Crippen LogP contribution in [0.5, 0.6) is 5.75 Å². The number of hydrogen-bond donors (Lipinski definition) is 1. The predicted octanol–water partition coefficient (Wildman–Crippen LogP) is 5.54. The highest BCUT2D eigenvalue weighted by molar-refractivity contribution is 7.99. The summed E-state index contributed by atoms with van der Waals surface area (Å²) in [7, 11) is 1.64. The van der Waals surface area contributed by atoms with E-state index in [1.54, 1.807) is 7.11 Å². The number of carbonyl (C=O) groups is 1. The number of amides is 1. The number of methoxy groups -OCH3 is 1. The summed E-state index contributed by atoms with van der Waals surface area (Å²) in [6.45, 7) is 4.12. The third-order valence-corrected chi connectivity index (χ3v) is 6.21. The summed E-state index contributed by atoms with van der Waals surface area (Å²) in [6.07, 6.45) is 0.855. The van der Waals surface area contributed by atoms with Crippen molar-refractivity contribution in [2.75, 3.05) is 18.2 Å². The highest BCUT2D eigenvalue weighted by atomic mass is 32.2. The summed E-state index contributed by atoms with van der Waals surface area (Å²) in [4.78, 5) is 12.7. The van der Waals surface area contributed by atoms with Crippen molar-refractivity contribution in [3.63, 3.8) is 0 Å². The number of hydrogen-bond acceptors (Lipinski definition) is 5. The molecule has 0 saturated carbocycles. The molecular weight excluding hydrogens is 432 g/mol. The zero-order valence-electron chi connectivity index (χ0n) is 18.9. The van der Waals surface area contributed by atoms with Crippen molar-refractivity contribution in [2.45, 2.75) is 25.4 Å². The van der Waals surface area contributed by atoms with Gasteiger partial charge in [-0.3, -0.25) is 9.36 Å². The van der Waals surface area contributed by atoms with Crippen molar-refractivity contribution >= 4 is 23.4 Å². The van der Waals surface area contributed by atoms with Gasteiger partial charge in [-0.1, -0.05) is 66.7 Å². The number of rotatable bonds is 8. The van der Waals surface area contributed by atoms with Gasteiger partial charge in [0, 0.05) is 11.4 Å². The van der Waals surface area contributed by atoms with Crippen LogP contribution in [-0.2, 0) is 11.2 Å². The third kappa shape index (κ3) is 5.09. The molecule has 1 amide bonds. The quantitative estimate of drug-likeness (QED) is 0.351. The largest absolute Gasteiger partial charge is 0.496 e. The molecule has 6 nitrogen and oxygen atoms in total. The molecule has 4 aromatic rings. The molecule has 1 N–H and O–H groups in total. The van der Waals surface area contributed by atoms with E-state index in [2.05, 4.69) is 22.4 Å². The number of aromatic nitrogens is 3. The van der Waals surface area contributed by atoms with Crippen LogP contribution in [-0.4, -0.2) is 33.5 Å².